The molecule has 1 aliphatic heterocycles. The van der Waals surface area contributed by atoms with Crippen molar-refractivity contribution in [2.75, 3.05) is 20.1 Å². The van der Waals surface area contributed by atoms with Gasteiger partial charge in [-0.2, -0.15) is 0 Å². The molecule has 1 aromatic rings. The highest BCUT2D eigenvalue weighted by molar-refractivity contribution is 8.17. The molecule has 0 bridgehead atoms. The third-order valence-corrected chi connectivity index (χ3v) is 10.9. The predicted octanol–water partition coefficient (Wildman–Crippen LogP) is 6.42. The summed E-state index contributed by atoms with van der Waals surface area (Å²) in [5.74, 6) is 1.22. The van der Waals surface area contributed by atoms with E-state index in [2.05, 4.69) is 45.5 Å². The Morgan fingerprint density at radius 1 is 1.21 bits per heavy atom. The number of nitrogens with one attached hydrogen (secondary N) is 1. The average Bonchev–Trinajstić information content (AvgIpc) is 2.97. The monoisotopic (exact) mass is 614 g/mol. The first kappa shape index (κ1) is 34.2. The van der Waals surface area contributed by atoms with Crippen LogP contribution in [0.1, 0.15) is 91.3 Å². The molecular formula is C32H50N6O2S2. The molecule has 1 aromatic heterocycles. The number of aliphatic imine (C=N–C) groups is 1. The summed E-state index contributed by atoms with van der Waals surface area (Å²) >= 11 is 1.66. The molecule has 10 heteroatoms. The quantitative estimate of drug-likeness (QED) is 0.219. The largest absolute Gasteiger partial charge is 0.378 e. The minimum atomic E-state index is -3.56. The van der Waals surface area contributed by atoms with Crippen molar-refractivity contribution in [2.24, 2.45) is 16.6 Å². The van der Waals surface area contributed by atoms with Crippen LogP contribution >= 0.6 is 11.8 Å². The molecule has 3 N–H and O–H groups in total. The van der Waals surface area contributed by atoms with Gasteiger partial charge in [0.15, 0.2) is 11.0 Å². The second kappa shape index (κ2) is 17.1. The highest BCUT2D eigenvalue weighted by Gasteiger charge is 2.26. The number of nitrogens with zero attached hydrogens (tertiary/aromatic N) is 4. The fourth-order valence-electron chi connectivity index (χ4n) is 5.48. The first-order chi connectivity index (χ1) is 20.1. The zero-order chi connectivity index (χ0) is 30.5. The van der Waals surface area contributed by atoms with Crippen LogP contribution in [0.2, 0.25) is 0 Å². The van der Waals surface area contributed by atoms with Crippen molar-refractivity contribution >= 4 is 32.5 Å². The van der Waals surface area contributed by atoms with E-state index >= 15 is 0 Å². The van der Waals surface area contributed by atoms with Gasteiger partial charge >= 0.3 is 0 Å². The molecule has 232 valence electrons. The maximum atomic E-state index is 13.0. The third-order valence-electron chi connectivity index (χ3n) is 8.22. The van der Waals surface area contributed by atoms with Gasteiger partial charge in [-0.05, 0) is 114 Å². The molecule has 1 atom stereocenters. The topological polar surface area (TPSA) is 114 Å². The molecule has 8 nitrogen and oxygen atoms in total. The molecule has 2 heterocycles. The standard InChI is InChI=1S/C32H50N6O2S2/c1-6-10-27(31-34-19-9-20-35-31)16-13-25(4)42(39,40)37-29-17-14-26(15-18-29)12-8-21-38(5)24(3)22-30-28(11-7-2)23-36-32(33)41-30/h6,9-10,13,16,19-20,24,26,29,37H,7-8,11-12,14-15,17-18,21-23H2,1-5H3,(H2,33,36)/b10-6-,25-13+,27-16+/t24-,26?,29?/m0/s1. The van der Waals surface area contributed by atoms with Crippen molar-refractivity contribution in [1.82, 2.24) is 19.6 Å². The van der Waals surface area contributed by atoms with Crippen LogP contribution in [0.25, 0.3) is 5.57 Å². The van der Waals surface area contributed by atoms with Gasteiger partial charge < -0.3 is 10.6 Å². The Balaban J connectivity index is 1.43. The zero-order valence-electron chi connectivity index (χ0n) is 26.1. The lowest BCUT2D eigenvalue weighted by Crippen LogP contribution is -2.38. The van der Waals surface area contributed by atoms with Crippen LogP contribution in [0.4, 0.5) is 0 Å². The number of allylic oxidation sites excluding steroid dienone is 6. The van der Waals surface area contributed by atoms with E-state index in [0.717, 1.165) is 70.0 Å². The number of thioether (sulfide) groups is 1. The van der Waals surface area contributed by atoms with Crippen LogP contribution in [0.3, 0.4) is 0 Å². The molecular weight excluding hydrogens is 565 g/mol. The Hall–Kier alpha value is -2.27. The SMILES string of the molecule is C\C=C/C(=C\C=C(/C)S(=O)(=O)NC1CCC(CCCN(C)[C@@H](C)CC2=C(CCC)CN=C(N)S2)CC1)c1ncccn1. The Kier molecular flexibility index (Phi) is 14.0. The van der Waals surface area contributed by atoms with Gasteiger partial charge in [-0.3, -0.25) is 4.99 Å². The van der Waals surface area contributed by atoms with Gasteiger partial charge in [-0.15, -0.1) is 0 Å². The number of hydrogen-bond donors (Lipinski definition) is 2. The van der Waals surface area contributed by atoms with E-state index in [1.165, 1.54) is 16.9 Å². The van der Waals surface area contributed by atoms with E-state index in [9.17, 15) is 8.42 Å². The minimum absolute atomic E-state index is 0.0108. The maximum Gasteiger partial charge on any atom is 0.236 e. The number of sulfonamides is 1. The number of aromatic nitrogens is 2. The lowest BCUT2D eigenvalue weighted by Gasteiger charge is -2.30. The van der Waals surface area contributed by atoms with Gasteiger partial charge in [0.25, 0.3) is 0 Å². The smallest absolute Gasteiger partial charge is 0.236 e. The maximum absolute atomic E-state index is 13.0. The van der Waals surface area contributed by atoms with Crippen LogP contribution < -0.4 is 10.5 Å². The lowest BCUT2D eigenvalue weighted by atomic mass is 9.84. The van der Waals surface area contributed by atoms with E-state index in [-0.39, 0.29) is 6.04 Å². The van der Waals surface area contributed by atoms with E-state index in [0.29, 0.717) is 27.9 Å². The molecule has 0 saturated heterocycles. The molecule has 0 unspecified atom stereocenters. The summed E-state index contributed by atoms with van der Waals surface area (Å²) in [4.78, 5) is 17.2. The predicted molar refractivity (Wildman–Crippen MR) is 178 cm³/mol. The van der Waals surface area contributed by atoms with Gasteiger partial charge in [0, 0.05) is 30.1 Å². The molecule has 1 saturated carbocycles. The van der Waals surface area contributed by atoms with Crippen molar-refractivity contribution in [3.05, 3.63) is 64.0 Å². The molecule has 0 amide bonds. The van der Waals surface area contributed by atoms with Gasteiger partial charge in [0.1, 0.15) is 0 Å². The van der Waals surface area contributed by atoms with Crippen LogP contribution in [-0.2, 0) is 10.0 Å². The average molecular weight is 615 g/mol. The molecule has 0 spiro atoms. The van der Waals surface area contributed by atoms with E-state index in [1.807, 2.05) is 19.1 Å². The Morgan fingerprint density at radius 2 is 1.93 bits per heavy atom. The highest BCUT2D eigenvalue weighted by Crippen LogP contribution is 2.32. The zero-order valence-corrected chi connectivity index (χ0v) is 27.7. The van der Waals surface area contributed by atoms with Crippen LogP contribution in [-0.4, -0.2) is 60.7 Å². The normalized spacial score (nSPS) is 21.7. The third kappa shape index (κ3) is 10.8. The molecule has 3 rings (SSSR count). The van der Waals surface area contributed by atoms with Crippen molar-refractivity contribution < 1.29 is 8.42 Å². The first-order valence-electron chi connectivity index (χ1n) is 15.3. The second-order valence-electron chi connectivity index (χ2n) is 11.5. The fourth-order valence-corrected chi connectivity index (χ4v) is 7.61. The Bertz CT molecular complexity index is 1260. The first-order valence-corrected chi connectivity index (χ1v) is 17.6. The van der Waals surface area contributed by atoms with E-state index < -0.39 is 10.0 Å². The summed E-state index contributed by atoms with van der Waals surface area (Å²) in [6.07, 6.45) is 20.0. The van der Waals surface area contributed by atoms with E-state index in [1.54, 1.807) is 49.3 Å². The van der Waals surface area contributed by atoms with Crippen molar-refractivity contribution in [2.45, 2.75) is 97.6 Å². The molecule has 1 aliphatic carbocycles. The fraction of sp³-hybridized carbons (Fsp3) is 0.594. The number of hydrogen-bond acceptors (Lipinski definition) is 8. The number of amidine groups is 1. The molecule has 0 radical (unpaired) electrons. The molecule has 1 fully saturated rings. The summed E-state index contributed by atoms with van der Waals surface area (Å²) < 4.78 is 29.0. The Morgan fingerprint density at radius 3 is 2.60 bits per heavy atom. The summed E-state index contributed by atoms with van der Waals surface area (Å²) in [6.45, 7) is 9.89. The van der Waals surface area contributed by atoms with Gasteiger partial charge in [-0.25, -0.2) is 23.1 Å². The Labute approximate surface area is 258 Å². The lowest BCUT2D eigenvalue weighted by molar-refractivity contribution is 0.232. The summed E-state index contributed by atoms with van der Waals surface area (Å²) in [7, 11) is -1.33. The number of nitrogens with two attached hydrogens (primary N) is 1. The molecule has 2 aliphatic rings. The molecule has 0 aromatic carbocycles. The van der Waals surface area contributed by atoms with E-state index in [4.69, 9.17) is 5.73 Å². The van der Waals surface area contributed by atoms with Gasteiger partial charge in [0.2, 0.25) is 10.0 Å². The number of rotatable bonds is 15. The summed E-state index contributed by atoms with van der Waals surface area (Å²) in [5.41, 5.74) is 8.24. The van der Waals surface area contributed by atoms with Crippen LogP contribution in [0.5, 0.6) is 0 Å². The summed E-state index contributed by atoms with van der Waals surface area (Å²) in [6, 6.07) is 2.20. The van der Waals surface area contributed by atoms with Gasteiger partial charge in [0.05, 0.1) is 11.4 Å². The second-order valence-corrected chi connectivity index (χ2v) is 14.5. The van der Waals surface area contributed by atoms with Crippen molar-refractivity contribution in [3.8, 4) is 0 Å². The summed E-state index contributed by atoms with van der Waals surface area (Å²) in [5, 5.41) is 0.692. The van der Waals surface area contributed by atoms with Gasteiger partial charge in [-0.1, -0.05) is 43.3 Å². The molecule has 42 heavy (non-hydrogen) atoms. The highest BCUT2D eigenvalue weighted by atomic mass is 32.2. The van der Waals surface area contributed by atoms with Crippen molar-refractivity contribution in [1.29, 1.82) is 0 Å². The van der Waals surface area contributed by atoms with Crippen LogP contribution in [0, 0.1) is 5.92 Å². The minimum Gasteiger partial charge on any atom is -0.378 e. The van der Waals surface area contributed by atoms with Crippen LogP contribution in [0.15, 0.2) is 63.1 Å². The van der Waals surface area contributed by atoms with Crippen molar-refractivity contribution in [3.63, 3.8) is 0 Å².